The van der Waals surface area contributed by atoms with Gasteiger partial charge in [0.15, 0.2) is 6.23 Å². The van der Waals surface area contributed by atoms with E-state index in [9.17, 15) is 4.79 Å². The fourth-order valence-electron chi connectivity index (χ4n) is 2.45. The third-order valence-corrected chi connectivity index (χ3v) is 4.63. The van der Waals surface area contributed by atoms with Crippen LogP contribution in [-0.4, -0.2) is 34.8 Å². The van der Waals surface area contributed by atoms with Crippen LogP contribution in [0.15, 0.2) is 30.3 Å². The van der Waals surface area contributed by atoms with Gasteiger partial charge in [0.05, 0.1) is 17.5 Å². The molecule has 1 aromatic rings. The van der Waals surface area contributed by atoms with Crippen molar-refractivity contribution in [2.75, 3.05) is 6.61 Å². The Morgan fingerprint density at radius 2 is 2.06 bits per heavy atom. The van der Waals surface area contributed by atoms with Gasteiger partial charge < -0.3 is 9.47 Å². The zero-order chi connectivity index (χ0) is 12.7. The third-order valence-electron chi connectivity index (χ3n) is 3.44. The van der Waals surface area contributed by atoms with Gasteiger partial charge >= 0.3 is 6.09 Å². The number of hydrogen-bond donors (Lipinski definition) is 0. The molecule has 0 bridgehead atoms. The largest absolute Gasteiger partial charge is 0.445 e. The molecule has 1 amide bonds. The second-order valence-corrected chi connectivity index (χ2v) is 5.65. The molecule has 2 saturated heterocycles. The lowest BCUT2D eigenvalue weighted by Gasteiger charge is -2.38. The summed E-state index contributed by atoms with van der Waals surface area (Å²) in [6.07, 6.45) is -0.714. The van der Waals surface area contributed by atoms with Crippen molar-refractivity contribution in [1.29, 1.82) is 0 Å². The van der Waals surface area contributed by atoms with Crippen LogP contribution in [0.1, 0.15) is 18.5 Å². The van der Waals surface area contributed by atoms with Gasteiger partial charge in [0, 0.05) is 0 Å². The van der Waals surface area contributed by atoms with E-state index in [1.807, 2.05) is 37.3 Å². The fourth-order valence-corrected chi connectivity index (χ4v) is 2.97. The SMILES string of the molecule is C[C@@H]1OC(=O)N2[C@H](OC[C@H]2c2ccccc2)[C@H]1Br. The Labute approximate surface area is 114 Å². The number of carbonyl (C=O) groups is 1. The number of nitrogens with zero attached hydrogens (tertiary/aromatic N) is 1. The van der Waals surface area contributed by atoms with Crippen LogP contribution >= 0.6 is 15.9 Å². The van der Waals surface area contributed by atoms with Crippen molar-refractivity contribution in [3.8, 4) is 0 Å². The van der Waals surface area contributed by atoms with Crippen LogP contribution < -0.4 is 0 Å². The van der Waals surface area contributed by atoms with E-state index < -0.39 is 0 Å². The lowest BCUT2D eigenvalue weighted by Crippen LogP contribution is -2.53. The quantitative estimate of drug-likeness (QED) is 0.749. The van der Waals surface area contributed by atoms with E-state index in [1.54, 1.807) is 4.90 Å². The maximum atomic E-state index is 12.0. The standard InChI is InChI=1S/C13H14BrNO3/c1-8-11(14)12-15(13(16)18-8)10(7-17-12)9-5-3-2-4-6-9/h2-6,8,10-12H,7H2,1H3/t8-,10-,11-,12+/m0/s1. The summed E-state index contributed by atoms with van der Waals surface area (Å²) in [5.41, 5.74) is 1.08. The average molecular weight is 312 g/mol. The zero-order valence-corrected chi connectivity index (χ0v) is 11.5. The van der Waals surface area contributed by atoms with Gasteiger partial charge in [-0.05, 0) is 12.5 Å². The molecule has 2 heterocycles. The molecule has 0 aliphatic carbocycles. The van der Waals surface area contributed by atoms with Crippen LogP contribution in [0.25, 0.3) is 0 Å². The van der Waals surface area contributed by atoms with Gasteiger partial charge in [-0.25, -0.2) is 4.79 Å². The van der Waals surface area contributed by atoms with Gasteiger partial charge in [-0.3, -0.25) is 4.90 Å². The summed E-state index contributed by atoms with van der Waals surface area (Å²) >= 11 is 3.54. The second-order valence-electron chi connectivity index (χ2n) is 4.59. The average Bonchev–Trinajstić information content (AvgIpc) is 2.82. The molecular weight excluding hydrogens is 298 g/mol. The van der Waals surface area contributed by atoms with E-state index >= 15 is 0 Å². The number of carbonyl (C=O) groups excluding carboxylic acids is 1. The molecule has 18 heavy (non-hydrogen) atoms. The highest BCUT2D eigenvalue weighted by Crippen LogP contribution is 2.38. The summed E-state index contributed by atoms with van der Waals surface area (Å²) < 4.78 is 11.1. The molecule has 4 nitrogen and oxygen atoms in total. The smallest absolute Gasteiger partial charge is 0.412 e. The van der Waals surface area contributed by atoms with E-state index in [-0.39, 0.29) is 29.3 Å². The Morgan fingerprint density at radius 1 is 1.33 bits per heavy atom. The van der Waals surface area contributed by atoms with Crippen molar-refractivity contribution in [3.63, 3.8) is 0 Å². The summed E-state index contributed by atoms with van der Waals surface area (Å²) in [5, 5.41) is 0. The summed E-state index contributed by atoms with van der Waals surface area (Å²) in [5.74, 6) is 0. The summed E-state index contributed by atoms with van der Waals surface area (Å²) in [7, 11) is 0. The predicted molar refractivity (Wildman–Crippen MR) is 69.4 cm³/mol. The number of fused-ring (bicyclic) bond motifs is 1. The first kappa shape index (κ1) is 12.0. The Kier molecular flexibility index (Phi) is 3.03. The molecule has 4 atom stereocenters. The normalized spacial score (nSPS) is 35.2. The van der Waals surface area contributed by atoms with Gasteiger partial charge in [-0.15, -0.1) is 0 Å². The molecule has 1 aromatic carbocycles. The molecule has 2 fully saturated rings. The molecule has 2 aliphatic heterocycles. The van der Waals surface area contributed by atoms with Crippen molar-refractivity contribution in [1.82, 2.24) is 4.90 Å². The van der Waals surface area contributed by atoms with Crippen molar-refractivity contribution >= 4 is 22.0 Å². The maximum absolute atomic E-state index is 12.0. The van der Waals surface area contributed by atoms with Gasteiger partial charge in [0.2, 0.25) is 0 Å². The van der Waals surface area contributed by atoms with E-state index in [0.29, 0.717) is 6.61 Å². The molecule has 5 heteroatoms. The van der Waals surface area contributed by atoms with Crippen LogP contribution in [-0.2, 0) is 9.47 Å². The predicted octanol–water partition coefficient (Wildman–Crippen LogP) is 2.69. The highest BCUT2D eigenvalue weighted by atomic mass is 79.9. The first-order chi connectivity index (χ1) is 8.68. The summed E-state index contributed by atoms with van der Waals surface area (Å²) in [6, 6.07) is 9.84. The number of alkyl halides is 1. The Bertz CT molecular complexity index is 453. The lowest BCUT2D eigenvalue weighted by atomic mass is 10.1. The Balaban J connectivity index is 1.90. The minimum Gasteiger partial charge on any atom is -0.445 e. The first-order valence-electron chi connectivity index (χ1n) is 5.98. The summed E-state index contributed by atoms with van der Waals surface area (Å²) in [6.45, 7) is 2.38. The van der Waals surface area contributed by atoms with Gasteiger partial charge in [0.25, 0.3) is 0 Å². The number of ether oxygens (including phenoxy) is 2. The highest BCUT2D eigenvalue weighted by Gasteiger charge is 2.49. The van der Waals surface area contributed by atoms with Crippen molar-refractivity contribution in [3.05, 3.63) is 35.9 Å². The number of benzene rings is 1. The molecule has 0 N–H and O–H groups in total. The highest BCUT2D eigenvalue weighted by molar-refractivity contribution is 9.09. The molecule has 2 aliphatic rings. The third kappa shape index (κ3) is 1.82. The van der Waals surface area contributed by atoms with Gasteiger partial charge in [-0.2, -0.15) is 0 Å². The van der Waals surface area contributed by atoms with Crippen LogP contribution in [0.5, 0.6) is 0 Å². The second kappa shape index (κ2) is 4.55. The van der Waals surface area contributed by atoms with Crippen LogP contribution in [0, 0.1) is 0 Å². The molecular formula is C13H14BrNO3. The molecule has 0 radical (unpaired) electrons. The van der Waals surface area contributed by atoms with E-state index in [1.165, 1.54) is 0 Å². The zero-order valence-electron chi connectivity index (χ0n) is 9.95. The molecule has 96 valence electrons. The molecule has 0 aromatic heterocycles. The number of cyclic esters (lactones) is 1. The van der Waals surface area contributed by atoms with Crippen LogP contribution in [0.4, 0.5) is 4.79 Å². The molecule has 3 rings (SSSR count). The molecule has 0 saturated carbocycles. The monoisotopic (exact) mass is 311 g/mol. The lowest BCUT2D eigenvalue weighted by molar-refractivity contribution is -0.0465. The van der Waals surface area contributed by atoms with Crippen LogP contribution in [0.3, 0.4) is 0 Å². The van der Waals surface area contributed by atoms with E-state index in [0.717, 1.165) is 5.56 Å². The minimum absolute atomic E-state index is 0.00362. The first-order valence-corrected chi connectivity index (χ1v) is 6.89. The van der Waals surface area contributed by atoms with E-state index in [2.05, 4.69) is 15.9 Å². The maximum Gasteiger partial charge on any atom is 0.412 e. The minimum atomic E-state index is -0.297. The topological polar surface area (TPSA) is 38.8 Å². The van der Waals surface area contributed by atoms with Gasteiger partial charge in [-0.1, -0.05) is 46.3 Å². The Hall–Kier alpha value is -1.07. The van der Waals surface area contributed by atoms with Crippen LogP contribution in [0.2, 0.25) is 0 Å². The number of amides is 1. The summed E-state index contributed by atoms with van der Waals surface area (Å²) in [4.78, 5) is 13.7. The molecule has 0 unspecified atom stereocenters. The fraction of sp³-hybridized carbons (Fsp3) is 0.462. The number of halogens is 1. The molecule has 0 spiro atoms. The van der Waals surface area contributed by atoms with Crippen molar-refractivity contribution in [2.45, 2.75) is 30.1 Å². The van der Waals surface area contributed by atoms with Crippen molar-refractivity contribution in [2.24, 2.45) is 0 Å². The van der Waals surface area contributed by atoms with E-state index in [4.69, 9.17) is 9.47 Å². The van der Waals surface area contributed by atoms with Crippen molar-refractivity contribution < 1.29 is 14.3 Å². The Morgan fingerprint density at radius 3 is 2.78 bits per heavy atom. The number of hydrogen-bond acceptors (Lipinski definition) is 3. The van der Waals surface area contributed by atoms with Gasteiger partial charge in [0.1, 0.15) is 6.10 Å². The number of rotatable bonds is 1.